The first-order valence-corrected chi connectivity index (χ1v) is 18.9. The monoisotopic (exact) mass is 626 g/mol. The Labute approximate surface area is 279 Å². The van der Waals surface area contributed by atoms with Crippen molar-refractivity contribution in [3.05, 3.63) is 47.3 Å². The van der Waals surface area contributed by atoms with Crippen LogP contribution in [0.2, 0.25) is 0 Å². The van der Waals surface area contributed by atoms with Crippen LogP contribution in [0.4, 0.5) is 5.69 Å². The number of aliphatic hydroxyl groups is 1. The third-order valence-corrected chi connectivity index (χ3v) is 11.7. The lowest BCUT2D eigenvalue weighted by molar-refractivity contribution is 0.185. The number of aliphatic hydroxyl groups excluding tert-OH is 1. The Morgan fingerprint density at radius 2 is 1.70 bits per heavy atom. The molecular weight excluding hydrogens is 564 g/mol. The number of nitrogens with two attached hydrogens (primary N) is 1. The van der Waals surface area contributed by atoms with Crippen LogP contribution in [0.15, 0.2) is 35.6 Å². The zero-order chi connectivity index (χ0) is 32.8. The lowest BCUT2D eigenvalue weighted by Crippen LogP contribution is -2.18. The molecule has 5 atom stereocenters. The minimum absolute atomic E-state index is 0.330. The molecule has 5 heteroatoms. The summed E-state index contributed by atoms with van der Waals surface area (Å²) in [7, 11) is 0. The van der Waals surface area contributed by atoms with Crippen molar-refractivity contribution in [1.82, 2.24) is 9.55 Å². The summed E-state index contributed by atoms with van der Waals surface area (Å²) in [6, 6.07) is 9.83. The molecule has 0 amide bonds. The molecule has 5 nitrogen and oxygen atoms in total. The molecule has 0 bridgehead atoms. The van der Waals surface area contributed by atoms with E-state index in [2.05, 4.69) is 76.7 Å². The number of fused-ring (bicyclic) bond motifs is 2. The first kappa shape index (κ1) is 34.8. The van der Waals surface area contributed by atoms with E-state index in [9.17, 15) is 5.11 Å². The summed E-state index contributed by atoms with van der Waals surface area (Å²) in [6.45, 7) is 14.1. The maximum Gasteiger partial charge on any atom is 0.130 e. The molecule has 2 aliphatic rings. The molecule has 252 valence electrons. The molecule has 0 saturated heterocycles. The minimum atomic E-state index is -1.05. The molecule has 1 saturated carbocycles. The van der Waals surface area contributed by atoms with Gasteiger partial charge >= 0.3 is 0 Å². The highest BCUT2D eigenvalue weighted by atomic mass is 16.3. The van der Waals surface area contributed by atoms with Gasteiger partial charge in [0, 0.05) is 17.8 Å². The topological polar surface area (TPSA) is 76.4 Å². The van der Waals surface area contributed by atoms with Crippen LogP contribution in [-0.2, 0) is 0 Å². The molecule has 1 aliphatic heterocycles. The third-order valence-electron chi connectivity index (χ3n) is 11.7. The third kappa shape index (κ3) is 7.79. The van der Waals surface area contributed by atoms with Crippen molar-refractivity contribution < 1.29 is 5.11 Å². The second-order valence-electron chi connectivity index (χ2n) is 15.2. The molecule has 0 spiro atoms. The molecule has 1 aliphatic carbocycles. The first-order valence-electron chi connectivity index (χ1n) is 18.9. The Kier molecular flexibility index (Phi) is 12.2. The molecule has 1 fully saturated rings. The summed E-state index contributed by atoms with van der Waals surface area (Å²) in [4.78, 5) is 9.91. The van der Waals surface area contributed by atoms with Gasteiger partial charge in [0.25, 0.3) is 0 Å². The van der Waals surface area contributed by atoms with E-state index in [1.807, 2.05) is 6.21 Å². The van der Waals surface area contributed by atoms with Crippen LogP contribution in [0.3, 0.4) is 0 Å². The Balaban J connectivity index is 1.45. The van der Waals surface area contributed by atoms with Gasteiger partial charge in [0.2, 0.25) is 0 Å². The predicted molar refractivity (Wildman–Crippen MR) is 196 cm³/mol. The summed E-state index contributed by atoms with van der Waals surface area (Å²) < 4.78 is 2.42. The van der Waals surface area contributed by atoms with Gasteiger partial charge in [-0.25, -0.2) is 4.98 Å². The molecule has 0 radical (unpaired) electrons. The number of hydrogen-bond acceptors (Lipinski definition) is 4. The maximum absolute atomic E-state index is 11.1. The second-order valence-corrected chi connectivity index (χ2v) is 15.2. The Morgan fingerprint density at radius 1 is 0.957 bits per heavy atom. The number of aromatic nitrogens is 2. The van der Waals surface area contributed by atoms with Crippen molar-refractivity contribution in [2.24, 2.45) is 28.5 Å². The number of hydrogen-bond donors (Lipinski definition) is 2. The summed E-state index contributed by atoms with van der Waals surface area (Å²) in [5, 5.41) is 11.1. The Morgan fingerprint density at radius 3 is 2.37 bits per heavy atom. The smallest absolute Gasteiger partial charge is 0.130 e. The molecule has 5 rings (SSSR count). The van der Waals surface area contributed by atoms with Crippen molar-refractivity contribution in [3.8, 4) is 11.1 Å². The zero-order valence-corrected chi connectivity index (χ0v) is 29.8. The number of imidazole rings is 1. The van der Waals surface area contributed by atoms with Crippen molar-refractivity contribution in [1.29, 1.82) is 0 Å². The number of aliphatic imine (C=N–C) groups is 1. The summed E-state index contributed by atoms with van der Waals surface area (Å²) in [5.41, 5.74) is 15.4. The second kappa shape index (κ2) is 16.1. The highest BCUT2D eigenvalue weighted by molar-refractivity contribution is 5.87. The van der Waals surface area contributed by atoms with E-state index in [-0.39, 0.29) is 0 Å². The van der Waals surface area contributed by atoms with Gasteiger partial charge in [-0.15, -0.1) is 0 Å². The fourth-order valence-corrected chi connectivity index (χ4v) is 8.33. The molecule has 46 heavy (non-hydrogen) atoms. The minimum Gasteiger partial charge on any atom is -0.374 e. The maximum atomic E-state index is 11.1. The average Bonchev–Trinajstić information content (AvgIpc) is 3.49. The van der Waals surface area contributed by atoms with Gasteiger partial charge in [-0.1, -0.05) is 105 Å². The quantitative estimate of drug-likeness (QED) is 0.165. The van der Waals surface area contributed by atoms with E-state index in [1.54, 1.807) is 0 Å². The van der Waals surface area contributed by atoms with E-state index in [1.165, 1.54) is 92.0 Å². The van der Waals surface area contributed by atoms with Crippen LogP contribution in [0.1, 0.15) is 172 Å². The highest BCUT2D eigenvalue weighted by Crippen LogP contribution is 2.49. The lowest BCUT2D eigenvalue weighted by atomic mass is 9.77. The summed E-state index contributed by atoms with van der Waals surface area (Å²) in [6.07, 6.45) is 20.0. The van der Waals surface area contributed by atoms with Crippen molar-refractivity contribution >= 4 is 22.9 Å². The molecule has 1 aromatic heterocycles. The Hall–Kier alpha value is -2.50. The predicted octanol–water partition coefficient (Wildman–Crippen LogP) is 11.5. The largest absolute Gasteiger partial charge is 0.374 e. The van der Waals surface area contributed by atoms with Crippen LogP contribution >= 0.6 is 0 Å². The molecular formula is C41H62N4O. The van der Waals surface area contributed by atoms with E-state index >= 15 is 0 Å². The summed E-state index contributed by atoms with van der Waals surface area (Å²) >= 11 is 0. The molecule has 3 N–H and O–H groups in total. The first-order chi connectivity index (χ1) is 22.2. The molecule has 3 aromatic rings. The number of nitrogens with zero attached hydrogens (tertiary/aromatic N) is 3. The van der Waals surface area contributed by atoms with Gasteiger partial charge in [-0.05, 0) is 103 Å². The van der Waals surface area contributed by atoms with E-state index in [0.717, 1.165) is 60.2 Å². The van der Waals surface area contributed by atoms with Gasteiger partial charge in [0.05, 0.1) is 23.0 Å². The normalized spacial score (nSPS) is 19.8. The van der Waals surface area contributed by atoms with Gasteiger partial charge < -0.3 is 15.4 Å². The summed E-state index contributed by atoms with van der Waals surface area (Å²) in [5.74, 6) is 3.00. The van der Waals surface area contributed by atoms with Crippen LogP contribution in [0, 0.1) is 17.8 Å². The lowest BCUT2D eigenvalue weighted by Gasteiger charge is -2.31. The molecule has 2 aromatic carbocycles. The average molecular weight is 627 g/mol. The van der Waals surface area contributed by atoms with E-state index in [0.29, 0.717) is 17.9 Å². The van der Waals surface area contributed by atoms with Gasteiger partial charge in [-0.2, -0.15) is 0 Å². The van der Waals surface area contributed by atoms with Crippen molar-refractivity contribution in [2.45, 2.75) is 156 Å². The van der Waals surface area contributed by atoms with Crippen LogP contribution < -0.4 is 5.73 Å². The molecule has 2 heterocycles. The fourth-order valence-electron chi connectivity index (χ4n) is 8.33. The zero-order valence-electron chi connectivity index (χ0n) is 29.8. The van der Waals surface area contributed by atoms with Crippen molar-refractivity contribution in [2.75, 3.05) is 0 Å². The van der Waals surface area contributed by atoms with Crippen LogP contribution in [-0.4, -0.2) is 20.9 Å². The van der Waals surface area contributed by atoms with Crippen LogP contribution in [0.25, 0.3) is 22.2 Å². The van der Waals surface area contributed by atoms with E-state index < -0.39 is 6.23 Å². The SMILES string of the molecule is CCC(CCCC(C)CCCC(C)C(C)C)c1cc(-c2ccc3c(c2)ncn3C2CCCCC2)c2c(c1C(N)O)N=CCC2CC. The van der Waals surface area contributed by atoms with Crippen molar-refractivity contribution in [3.63, 3.8) is 0 Å². The standard InChI is InChI=1S/C41H62N4O/c1-7-30(17-13-15-28(5)14-12-16-29(6)27(3)4)34-25-35(38-31(8-2)22-23-43-40(38)39(34)41(42)46)32-20-21-37-36(24-32)44-26-45(37)33-18-10-9-11-19-33/h20-21,23-31,33,41,46H,7-19,22,42H2,1-6H3. The van der Waals surface area contributed by atoms with E-state index in [4.69, 9.17) is 15.7 Å². The van der Waals surface area contributed by atoms with Gasteiger partial charge in [0.15, 0.2) is 0 Å². The Bertz CT molecular complexity index is 1450. The highest BCUT2D eigenvalue weighted by Gasteiger charge is 2.30. The number of benzene rings is 2. The molecule has 5 unspecified atom stereocenters. The van der Waals surface area contributed by atoms with Gasteiger partial charge in [0.1, 0.15) is 6.23 Å². The fraction of sp³-hybridized carbons (Fsp3) is 0.659. The van der Waals surface area contributed by atoms with Gasteiger partial charge in [-0.3, -0.25) is 4.99 Å². The number of rotatable bonds is 15. The van der Waals surface area contributed by atoms with Crippen LogP contribution in [0.5, 0.6) is 0 Å².